The lowest BCUT2D eigenvalue weighted by atomic mass is 10.2. The average Bonchev–Trinajstić information content (AvgIpc) is 2.30. The fraction of sp³-hybridized carbons (Fsp3) is 0.900. The molecule has 72 valence electrons. The molecule has 2 heteroatoms. The number of carbonyl (C=O) groups is 1. The van der Waals surface area contributed by atoms with Gasteiger partial charge in [0.25, 0.3) is 0 Å². The second-order valence-corrected chi connectivity index (χ2v) is 4.06. The highest BCUT2D eigenvalue weighted by atomic mass is 16.1. The van der Waals surface area contributed by atoms with Crippen LogP contribution in [-0.2, 0) is 4.79 Å². The van der Waals surface area contributed by atoms with E-state index >= 15 is 0 Å². The third kappa shape index (κ3) is 3.35. The number of likely N-dealkylation sites (tertiary alicyclic amines) is 1. The van der Waals surface area contributed by atoms with Crippen molar-refractivity contribution in [1.82, 2.24) is 0 Å². The number of likely N-dealkylation sites (N-methyl/N-ethyl adjacent to an activating group) is 1. The topological polar surface area (TPSA) is 17.1 Å². The molecule has 0 saturated carbocycles. The van der Waals surface area contributed by atoms with Crippen LogP contribution in [0.3, 0.4) is 0 Å². The molecule has 0 aromatic carbocycles. The van der Waals surface area contributed by atoms with Gasteiger partial charge in [0.2, 0.25) is 0 Å². The van der Waals surface area contributed by atoms with Gasteiger partial charge in [0.15, 0.2) is 6.29 Å². The Morgan fingerprint density at radius 2 is 1.92 bits per heavy atom. The molecule has 0 unspecified atom stereocenters. The van der Waals surface area contributed by atoms with Crippen molar-refractivity contribution >= 4 is 6.29 Å². The molecule has 0 bridgehead atoms. The monoisotopic (exact) mass is 172 g/mol. The highest BCUT2D eigenvalue weighted by molar-refractivity contribution is 5.56. The lowest BCUT2D eigenvalue weighted by Gasteiger charge is -2.27. The SMILES string of the molecule is CCC.C[N+]1(C)CCC[C@H]1C=O. The number of nitrogens with zero attached hydrogens (tertiary/aromatic N) is 1. The van der Waals surface area contributed by atoms with Crippen LogP contribution >= 0.6 is 0 Å². The Morgan fingerprint density at radius 3 is 2.08 bits per heavy atom. The van der Waals surface area contributed by atoms with Crippen molar-refractivity contribution in [1.29, 1.82) is 0 Å². The molecule has 1 saturated heterocycles. The van der Waals surface area contributed by atoms with Crippen molar-refractivity contribution in [3.05, 3.63) is 0 Å². The fourth-order valence-electron chi connectivity index (χ4n) is 1.46. The van der Waals surface area contributed by atoms with Gasteiger partial charge in [-0.15, -0.1) is 0 Å². The summed E-state index contributed by atoms with van der Waals surface area (Å²) in [4.78, 5) is 10.4. The predicted molar refractivity (Wildman–Crippen MR) is 52.0 cm³/mol. The lowest BCUT2D eigenvalue weighted by molar-refractivity contribution is -0.892. The predicted octanol–water partition coefficient (Wildman–Crippen LogP) is 1.84. The molecule has 1 atom stereocenters. The van der Waals surface area contributed by atoms with Crippen LogP contribution in [0.25, 0.3) is 0 Å². The first kappa shape index (κ1) is 11.6. The van der Waals surface area contributed by atoms with E-state index in [1.165, 1.54) is 12.8 Å². The van der Waals surface area contributed by atoms with Crippen LogP contribution in [0.4, 0.5) is 0 Å². The Labute approximate surface area is 76.2 Å². The van der Waals surface area contributed by atoms with E-state index in [4.69, 9.17) is 0 Å². The summed E-state index contributed by atoms with van der Waals surface area (Å²) in [5, 5.41) is 0. The molecule has 12 heavy (non-hydrogen) atoms. The minimum Gasteiger partial charge on any atom is -0.320 e. The van der Waals surface area contributed by atoms with Gasteiger partial charge in [-0.2, -0.15) is 0 Å². The Hall–Kier alpha value is -0.370. The minimum absolute atomic E-state index is 0.269. The molecule has 0 aliphatic carbocycles. The standard InChI is InChI=1S/C7H14NO.C3H8/c1-8(2)5-3-4-7(8)6-9;1-3-2/h6-7H,3-5H2,1-2H3;3H2,1-2H3/q+1;/t7-;/m0./s1. The number of quaternary nitrogens is 1. The van der Waals surface area contributed by atoms with Crippen LogP contribution in [0.15, 0.2) is 0 Å². The quantitative estimate of drug-likeness (QED) is 0.436. The first-order valence-corrected chi connectivity index (χ1v) is 4.86. The van der Waals surface area contributed by atoms with Gasteiger partial charge in [-0.1, -0.05) is 20.3 Å². The van der Waals surface area contributed by atoms with Gasteiger partial charge in [0.1, 0.15) is 6.04 Å². The van der Waals surface area contributed by atoms with Crippen molar-refractivity contribution in [2.45, 2.75) is 39.2 Å². The van der Waals surface area contributed by atoms with E-state index in [1.807, 2.05) is 0 Å². The molecule has 0 aromatic rings. The van der Waals surface area contributed by atoms with E-state index in [-0.39, 0.29) is 6.04 Å². The van der Waals surface area contributed by atoms with Gasteiger partial charge in [0.05, 0.1) is 20.6 Å². The summed E-state index contributed by atoms with van der Waals surface area (Å²) in [5.41, 5.74) is 0. The minimum atomic E-state index is 0.269. The summed E-state index contributed by atoms with van der Waals surface area (Å²) in [6.45, 7) is 5.41. The zero-order chi connectivity index (χ0) is 9.61. The molecular weight excluding hydrogens is 150 g/mol. The average molecular weight is 172 g/mol. The summed E-state index contributed by atoms with van der Waals surface area (Å²) >= 11 is 0. The maximum Gasteiger partial charge on any atom is 0.177 e. The van der Waals surface area contributed by atoms with Crippen LogP contribution < -0.4 is 0 Å². The largest absolute Gasteiger partial charge is 0.320 e. The number of carbonyl (C=O) groups excluding carboxylic acids is 1. The van der Waals surface area contributed by atoms with Gasteiger partial charge in [-0.3, -0.25) is 4.79 Å². The van der Waals surface area contributed by atoms with Crippen LogP contribution in [0.1, 0.15) is 33.1 Å². The third-order valence-electron chi connectivity index (χ3n) is 2.29. The number of hydrogen-bond acceptors (Lipinski definition) is 1. The molecule has 1 rings (SSSR count). The second-order valence-electron chi connectivity index (χ2n) is 4.06. The lowest BCUT2D eigenvalue weighted by Crippen LogP contribution is -2.44. The van der Waals surface area contributed by atoms with Crippen molar-refractivity contribution in [2.24, 2.45) is 0 Å². The van der Waals surface area contributed by atoms with Crippen LogP contribution in [-0.4, -0.2) is 37.5 Å². The Kier molecular flexibility index (Phi) is 5.14. The van der Waals surface area contributed by atoms with E-state index in [9.17, 15) is 4.79 Å². The number of aldehydes is 1. The molecule has 1 fully saturated rings. The van der Waals surface area contributed by atoms with E-state index in [0.29, 0.717) is 0 Å². The zero-order valence-electron chi connectivity index (χ0n) is 8.84. The van der Waals surface area contributed by atoms with E-state index in [2.05, 4.69) is 27.9 Å². The van der Waals surface area contributed by atoms with Gasteiger partial charge in [0, 0.05) is 12.8 Å². The summed E-state index contributed by atoms with van der Waals surface area (Å²) in [6.07, 6.45) is 4.62. The summed E-state index contributed by atoms with van der Waals surface area (Å²) in [6, 6.07) is 0.269. The van der Waals surface area contributed by atoms with E-state index < -0.39 is 0 Å². The smallest absolute Gasteiger partial charge is 0.177 e. The molecule has 1 aliphatic heterocycles. The summed E-state index contributed by atoms with van der Waals surface area (Å²) in [5.74, 6) is 0. The highest BCUT2D eigenvalue weighted by Gasteiger charge is 2.33. The summed E-state index contributed by atoms with van der Waals surface area (Å²) < 4.78 is 0.892. The first-order chi connectivity index (χ1) is 5.58. The molecule has 1 heterocycles. The molecule has 0 radical (unpaired) electrons. The normalized spacial score (nSPS) is 25.8. The van der Waals surface area contributed by atoms with Crippen LogP contribution in [0, 0.1) is 0 Å². The molecule has 2 nitrogen and oxygen atoms in total. The van der Waals surface area contributed by atoms with Crippen LogP contribution in [0.5, 0.6) is 0 Å². The summed E-state index contributed by atoms with van der Waals surface area (Å²) in [7, 11) is 4.23. The number of rotatable bonds is 1. The van der Waals surface area contributed by atoms with Gasteiger partial charge < -0.3 is 4.48 Å². The maximum absolute atomic E-state index is 10.4. The zero-order valence-corrected chi connectivity index (χ0v) is 8.84. The fourth-order valence-corrected chi connectivity index (χ4v) is 1.46. The molecule has 0 N–H and O–H groups in total. The molecule has 1 aliphatic rings. The first-order valence-electron chi connectivity index (χ1n) is 4.86. The van der Waals surface area contributed by atoms with Gasteiger partial charge >= 0.3 is 0 Å². The van der Waals surface area contributed by atoms with Crippen molar-refractivity contribution < 1.29 is 9.28 Å². The second kappa shape index (κ2) is 5.31. The van der Waals surface area contributed by atoms with Gasteiger partial charge in [-0.25, -0.2) is 0 Å². The molecule has 0 amide bonds. The molecular formula is C10H22NO+. The maximum atomic E-state index is 10.4. The van der Waals surface area contributed by atoms with Gasteiger partial charge in [-0.05, 0) is 0 Å². The molecule has 0 aromatic heterocycles. The third-order valence-corrected chi connectivity index (χ3v) is 2.29. The Bertz CT molecular complexity index is 132. The van der Waals surface area contributed by atoms with Crippen molar-refractivity contribution in [2.75, 3.05) is 20.6 Å². The Balaban J connectivity index is 0.000000354. The van der Waals surface area contributed by atoms with Crippen molar-refractivity contribution in [3.63, 3.8) is 0 Å². The highest BCUT2D eigenvalue weighted by Crippen LogP contribution is 2.19. The molecule has 0 spiro atoms. The van der Waals surface area contributed by atoms with Crippen LogP contribution in [0.2, 0.25) is 0 Å². The van der Waals surface area contributed by atoms with E-state index in [1.54, 1.807) is 0 Å². The van der Waals surface area contributed by atoms with Crippen molar-refractivity contribution in [3.8, 4) is 0 Å². The van der Waals surface area contributed by atoms with E-state index in [0.717, 1.165) is 23.7 Å². The number of hydrogen-bond donors (Lipinski definition) is 0. The Morgan fingerprint density at radius 1 is 1.42 bits per heavy atom.